The van der Waals surface area contributed by atoms with Crippen molar-refractivity contribution in [3.05, 3.63) is 89.0 Å². The van der Waals surface area contributed by atoms with E-state index in [1.54, 1.807) is 21.3 Å². The first-order chi connectivity index (χ1) is 13.7. The highest BCUT2D eigenvalue weighted by Gasteiger charge is 2.11. The highest BCUT2D eigenvalue weighted by molar-refractivity contribution is 5.74. The fourth-order valence-electron chi connectivity index (χ4n) is 2.86. The number of rotatable bonds is 7. The quantitative estimate of drug-likeness (QED) is 0.472. The number of benzene rings is 3. The Hall–Kier alpha value is -3.46. The van der Waals surface area contributed by atoms with Crippen LogP contribution >= 0.6 is 0 Å². The molecule has 0 aromatic heterocycles. The van der Waals surface area contributed by atoms with Crippen LogP contribution in [0.3, 0.4) is 0 Å². The molecule has 3 aromatic rings. The highest BCUT2D eigenvalue weighted by Crippen LogP contribution is 2.38. The van der Waals surface area contributed by atoms with E-state index in [0.717, 1.165) is 16.7 Å². The van der Waals surface area contributed by atoms with Crippen LogP contribution in [0, 0.1) is 0 Å². The minimum atomic E-state index is 0.594. The van der Waals surface area contributed by atoms with Gasteiger partial charge in [0.1, 0.15) is 0 Å². The van der Waals surface area contributed by atoms with Crippen molar-refractivity contribution in [1.82, 2.24) is 0 Å². The minimum Gasteiger partial charge on any atom is -0.493 e. The van der Waals surface area contributed by atoms with Crippen molar-refractivity contribution in [2.75, 3.05) is 21.3 Å². The van der Waals surface area contributed by atoms with Crippen molar-refractivity contribution in [3.8, 4) is 17.2 Å². The first-order valence-electron chi connectivity index (χ1n) is 9.05. The minimum absolute atomic E-state index is 0.594. The molecular weight excluding hydrogens is 348 g/mol. The largest absolute Gasteiger partial charge is 0.493 e. The van der Waals surface area contributed by atoms with Gasteiger partial charge < -0.3 is 14.2 Å². The standard InChI is InChI=1S/C25H24O3/c1-26-23-17-22(18-24(27-2)25(23)28-3)16-15-21-13-11-20(12-14-21)10-9-19-7-5-4-6-8-19/h4-18H,1-3H3/b10-9+,16-15+. The summed E-state index contributed by atoms with van der Waals surface area (Å²) in [6.07, 6.45) is 8.31. The molecule has 0 saturated heterocycles. The number of ether oxygens (including phenoxy) is 3. The second-order valence-corrected chi connectivity index (χ2v) is 6.20. The van der Waals surface area contributed by atoms with Crippen LogP contribution < -0.4 is 14.2 Å². The average Bonchev–Trinajstić information content (AvgIpc) is 2.76. The van der Waals surface area contributed by atoms with Gasteiger partial charge >= 0.3 is 0 Å². The van der Waals surface area contributed by atoms with E-state index in [0.29, 0.717) is 17.2 Å². The summed E-state index contributed by atoms with van der Waals surface area (Å²) in [6.45, 7) is 0. The first kappa shape index (κ1) is 19.3. The van der Waals surface area contributed by atoms with Crippen LogP contribution in [0.25, 0.3) is 24.3 Å². The summed E-state index contributed by atoms with van der Waals surface area (Å²) < 4.78 is 16.2. The van der Waals surface area contributed by atoms with E-state index in [-0.39, 0.29) is 0 Å². The SMILES string of the molecule is COc1cc(/C=C/c2ccc(/C=C/c3ccccc3)cc2)cc(OC)c1OC. The van der Waals surface area contributed by atoms with E-state index >= 15 is 0 Å². The van der Waals surface area contributed by atoms with Crippen LogP contribution in [0.4, 0.5) is 0 Å². The zero-order valence-corrected chi connectivity index (χ0v) is 16.4. The van der Waals surface area contributed by atoms with E-state index in [9.17, 15) is 0 Å². The van der Waals surface area contributed by atoms with E-state index in [2.05, 4.69) is 54.6 Å². The van der Waals surface area contributed by atoms with E-state index in [4.69, 9.17) is 14.2 Å². The normalized spacial score (nSPS) is 11.1. The van der Waals surface area contributed by atoms with Crippen LogP contribution in [-0.4, -0.2) is 21.3 Å². The molecule has 28 heavy (non-hydrogen) atoms. The Morgan fingerprint density at radius 1 is 0.500 bits per heavy atom. The van der Waals surface area contributed by atoms with Gasteiger partial charge in [0.05, 0.1) is 21.3 Å². The molecule has 142 valence electrons. The monoisotopic (exact) mass is 372 g/mol. The molecule has 3 rings (SSSR count). The van der Waals surface area contributed by atoms with Gasteiger partial charge in [0.15, 0.2) is 11.5 Å². The Kier molecular flexibility index (Phi) is 6.53. The maximum absolute atomic E-state index is 5.40. The van der Waals surface area contributed by atoms with Crippen LogP contribution in [0.5, 0.6) is 17.2 Å². The van der Waals surface area contributed by atoms with Crippen molar-refractivity contribution in [1.29, 1.82) is 0 Å². The van der Waals surface area contributed by atoms with E-state index < -0.39 is 0 Å². The summed E-state index contributed by atoms with van der Waals surface area (Å²) in [6, 6.07) is 22.5. The van der Waals surface area contributed by atoms with Gasteiger partial charge in [-0.25, -0.2) is 0 Å². The molecule has 0 N–H and O–H groups in total. The highest BCUT2D eigenvalue weighted by atomic mass is 16.5. The van der Waals surface area contributed by atoms with Crippen molar-refractivity contribution in [2.24, 2.45) is 0 Å². The number of hydrogen-bond donors (Lipinski definition) is 0. The zero-order valence-electron chi connectivity index (χ0n) is 16.4. The van der Waals surface area contributed by atoms with Gasteiger partial charge in [-0.3, -0.25) is 0 Å². The van der Waals surface area contributed by atoms with Crippen molar-refractivity contribution in [3.63, 3.8) is 0 Å². The van der Waals surface area contributed by atoms with Gasteiger partial charge in [0.2, 0.25) is 5.75 Å². The Morgan fingerprint density at radius 2 is 0.929 bits per heavy atom. The molecule has 0 saturated carbocycles. The van der Waals surface area contributed by atoms with Gasteiger partial charge in [0.25, 0.3) is 0 Å². The van der Waals surface area contributed by atoms with Crippen LogP contribution in [0.1, 0.15) is 22.3 Å². The maximum Gasteiger partial charge on any atom is 0.203 e. The Bertz CT molecular complexity index is 930. The molecule has 0 spiro atoms. The van der Waals surface area contributed by atoms with Gasteiger partial charge in [0, 0.05) is 0 Å². The summed E-state index contributed by atoms with van der Waals surface area (Å²) >= 11 is 0. The predicted octanol–water partition coefficient (Wildman–Crippen LogP) is 6.05. The molecule has 0 amide bonds. The second-order valence-electron chi connectivity index (χ2n) is 6.20. The first-order valence-corrected chi connectivity index (χ1v) is 9.05. The molecule has 0 radical (unpaired) electrons. The van der Waals surface area contributed by atoms with Crippen molar-refractivity contribution in [2.45, 2.75) is 0 Å². The third-order valence-electron chi connectivity index (χ3n) is 4.36. The van der Waals surface area contributed by atoms with Gasteiger partial charge in [-0.1, -0.05) is 78.9 Å². The molecule has 3 heteroatoms. The molecule has 0 aliphatic rings. The predicted molar refractivity (Wildman–Crippen MR) is 117 cm³/mol. The fourth-order valence-corrected chi connectivity index (χ4v) is 2.86. The molecule has 0 unspecified atom stereocenters. The zero-order chi connectivity index (χ0) is 19.8. The van der Waals surface area contributed by atoms with Crippen molar-refractivity contribution < 1.29 is 14.2 Å². The second kappa shape index (κ2) is 9.47. The van der Waals surface area contributed by atoms with Crippen LogP contribution in [-0.2, 0) is 0 Å². The number of hydrogen-bond acceptors (Lipinski definition) is 3. The lowest BCUT2D eigenvalue weighted by Gasteiger charge is -2.12. The maximum atomic E-state index is 5.40. The van der Waals surface area contributed by atoms with Gasteiger partial charge in [-0.2, -0.15) is 0 Å². The summed E-state index contributed by atoms with van der Waals surface area (Å²) in [5.41, 5.74) is 4.44. The van der Waals surface area contributed by atoms with Crippen LogP contribution in [0.2, 0.25) is 0 Å². The molecule has 0 aliphatic heterocycles. The Labute approximate surface area is 166 Å². The van der Waals surface area contributed by atoms with E-state index in [1.165, 1.54) is 5.56 Å². The third kappa shape index (κ3) is 4.83. The molecule has 3 aromatic carbocycles. The lowest BCUT2D eigenvalue weighted by atomic mass is 10.1. The lowest BCUT2D eigenvalue weighted by molar-refractivity contribution is 0.324. The van der Waals surface area contributed by atoms with Crippen molar-refractivity contribution >= 4 is 24.3 Å². The summed E-state index contributed by atoms with van der Waals surface area (Å²) in [5, 5.41) is 0. The fraction of sp³-hybridized carbons (Fsp3) is 0.120. The summed E-state index contributed by atoms with van der Waals surface area (Å²) in [5.74, 6) is 1.88. The Morgan fingerprint density at radius 3 is 1.36 bits per heavy atom. The average molecular weight is 372 g/mol. The lowest BCUT2D eigenvalue weighted by Crippen LogP contribution is -1.95. The van der Waals surface area contributed by atoms with Crippen LogP contribution in [0.15, 0.2) is 66.7 Å². The molecule has 0 bridgehead atoms. The molecule has 0 aliphatic carbocycles. The Balaban J connectivity index is 1.75. The topological polar surface area (TPSA) is 27.7 Å². The smallest absolute Gasteiger partial charge is 0.203 e. The molecule has 0 heterocycles. The summed E-state index contributed by atoms with van der Waals surface area (Å²) in [7, 11) is 4.84. The molecule has 3 nitrogen and oxygen atoms in total. The van der Waals surface area contributed by atoms with Gasteiger partial charge in [-0.05, 0) is 34.4 Å². The summed E-state index contributed by atoms with van der Waals surface area (Å²) in [4.78, 5) is 0. The number of methoxy groups -OCH3 is 3. The molecular formula is C25H24O3. The molecule has 0 fully saturated rings. The molecule has 0 atom stereocenters. The van der Waals surface area contributed by atoms with E-state index in [1.807, 2.05) is 36.4 Å². The van der Waals surface area contributed by atoms with Gasteiger partial charge in [-0.15, -0.1) is 0 Å². The third-order valence-corrected chi connectivity index (χ3v) is 4.36.